The van der Waals surface area contributed by atoms with Gasteiger partial charge >= 0.3 is 0 Å². The molecule has 1 aromatic heterocycles. The molecule has 180 valence electrons. The van der Waals surface area contributed by atoms with E-state index in [9.17, 15) is 18.0 Å². The number of anilines is 2. The summed E-state index contributed by atoms with van der Waals surface area (Å²) in [6, 6.07) is 11.8. The Hall–Kier alpha value is -3.59. The Labute approximate surface area is 199 Å². The van der Waals surface area contributed by atoms with E-state index >= 15 is 0 Å². The van der Waals surface area contributed by atoms with E-state index in [-0.39, 0.29) is 16.5 Å². The standard InChI is InChI=1S/C25H29N3O5S/c1-15-12-17(28-34(6,31)32)9-10-21(15)27-24(30)19-13-16(18-8-7-11-26-23(18)29)14-20(22(19)33-5)25(2,3)4/h7-14,28H,1-6H3,(H,26,29)(H,27,30). The normalized spacial score (nSPS) is 11.7. The van der Waals surface area contributed by atoms with E-state index in [0.717, 1.165) is 11.8 Å². The zero-order valence-electron chi connectivity index (χ0n) is 20.1. The number of ether oxygens (including phenoxy) is 1. The molecule has 0 saturated heterocycles. The van der Waals surface area contributed by atoms with Crippen LogP contribution in [0.15, 0.2) is 53.5 Å². The van der Waals surface area contributed by atoms with Crippen molar-refractivity contribution in [2.45, 2.75) is 33.1 Å². The molecule has 0 aliphatic rings. The quantitative estimate of drug-likeness (QED) is 0.484. The van der Waals surface area contributed by atoms with Gasteiger partial charge in [0.25, 0.3) is 11.5 Å². The average Bonchev–Trinajstić information content (AvgIpc) is 2.73. The van der Waals surface area contributed by atoms with Gasteiger partial charge in [-0.15, -0.1) is 0 Å². The second kappa shape index (κ2) is 9.34. The van der Waals surface area contributed by atoms with Crippen molar-refractivity contribution in [1.82, 2.24) is 4.98 Å². The van der Waals surface area contributed by atoms with Gasteiger partial charge in [0.2, 0.25) is 10.0 Å². The largest absolute Gasteiger partial charge is 0.496 e. The van der Waals surface area contributed by atoms with Gasteiger partial charge in [-0.25, -0.2) is 8.42 Å². The van der Waals surface area contributed by atoms with Crippen molar-refractivity contribution < 1.29 is 17.9 Å². The van der Waals surface area contributed by atoms with E-state index < -0.39 is 15.9 Å². The Morgan fingerprint density at radius 2 is 1.79 bits per heavy atom. The Balaban J connectivity index is 2.09. The van der Waals surface area contributed by atoms with Crippen LogP contribution in [0.25, 0.3) is 11.1 Å². The SMILES string of the molecule is COc1c(C(=O)Nc2ccc(NS(C)(=O)=O)cc2C)cc(-c2ccc[nH]c2=O)cc1C(C)(C)C. The van der Waals surface area contributed by atoms with Crippen molar-refractivity contribution in [2.75, 3.05) is 23.4 Å². The highest BCUT2D eigenvalue weighted by molar-refractivity contribution is 7.92. The van der Waals surface area contributed by atoms with Crippen LogP contribution < -0.4 is 20.3 Å². The predicted molar refractivity (Wildman–Crippen MR) is 135 cm³/mol. The monoisotopic (exact) mass is 483 g/mol. The molecule has 1 heterocycles. The van der Waals surface area contributed by atoms with Crippen LogP contribution in [0, 0.1) is 6.92 Å². The molecule has 0 bridgehead atoms. The molecule has 34 heavy (non-hydrogen) atoms. The summed E-state index contributed by atoms with van der Waals surface area (Å²) in [5, 5.41) is 2.88. The fraction of sp³-hybridized carbons (Fsp3) is 0.280. The lowest BCUT2D eigenvalue weighted by atomic mass is 9.83. The summed E-state index contributed by atoms with van der Waals surface area (Å²) in [4.78, 5) is 28.5. The number of rotatable bonds is 6. The van der Waals surface area contributed by atoms with Crippen LogP contribution in [0.1, 0.15) is 42.3 Å². The maximum atomic E-state index is 13.4. The molecule has 2 aromatic carbocycles. The fourth-order valence-electron chi connectivity index (χ4n) is 3.65. The van der Waals surface area contributed by atoms with Gasteiger partial charge in [0.15, 0.2) is 0 Å². The molecule has 0 radical (unpaired) electrons. The third-order valence-corrected chi connectivity index (χ3v) is 5.86. The predicted octanol–water partition coefficient (Wildman–Crippen LogP) is 4.28. The average molecular weight is 484 g/mol. The number of pyridine rings is 1. The van der Waals surface area contributed by atoms with Crippen LogP contribution in [-0.2, 0) is 15.4 Å². The molecule has 9 heteroatoms. The Kier molecular flexibility index (Phi) is 6.88. The van der Waals surface area contributed by atoms with Crippen molar-refractivity contribution in [1.29, 1.82) is 0 Å². The molecule has 3 rings (SSSR count). The molecule has 8 nitrogen and oxygen atoms in total. The first-order valence-electron chi connectivity index (χ1n) is 10.6. The van der Waals surface area contributed by atoms with Gasteiger partial charge < -0.3 is 15.0 Å². The molecule has 0 aliphatic carbocycles. The summed E-state index contributed by atoms with van der Waals surface area (Å²) in [7, 11) is -1.91. The zero-order chi connectivity index (χ0) is 25.3. The molecule has 0 fully saturated rings. The zero-order valence-corrected chi connectivity index (χ0v) is 20.9. The number of hydrogen-bond donors (Lipinski definition) is 3. The van der Waals surface area contributed by atoms with Crippen molar-refractivity contribution in [3.63, 3.8) is 0 Å². The van der Waals surface area contributed by atoms with Gasteiger partial charge in [-0.3, -0.25) is 14.3 Å². The number of hydrogen-bond acceptors (Lipinski definition) is 5. The maximum absolute atomic E-state index is 13.4. The highest BCUT2D eigenvalue weighted by atomic mass is 32.2. The van der Waals surface area contributed by atoms with E-state index in [1.54, 1.807) is 49.5 Å². The number of carbonyl (C=O) groups is 1. The number of carbonyl (C=O) groups excluding carboxylic acids is 1. The van der Waals surface area contributed by atoms with Crippen LogP contribution in [0.2, 0.25) is 0 Å². The van der Waals surface area contributed by atoms with Gasteiger partial charge in [-0.1, -0.05) is 20.8 Å². The second-order valence-electron chi connectivity index (χ2n) is 9.13. The Bertz CT molecular complexity index is 1400. The van der Waals surface area contributed by atoms with Gasteiger partial charge in [0.1, 0.15) is 5.75 Å². The Morgan fingerprint density at radius 3 is 2.35 bits per heavy atom. The van der Waals surface area contributed by atoms with Crippen LogP contribution >= 0.6 is 0 Å². The lowest BCUT2D eigenvalue weighted by Crippen LogP contribution is -2.20. The molecule has 0 aliphatic heterocycles. The number of aromatic amines is 1. The first-order chi connectivity index (χ1) is 15.8. The summed E-state index contributed by atoms with van der Waals surface area (Å²) in [6.07, 6.45) is 2.63. The van der Waals surface area contributed by atoms with Crippen LogP contribution in [0.3, 0.4) is 0 Å². The molecule has 0 atom stereocenters. The van der Waals surface area contributed by atoms with Gasteiger partial charge in [0, 0.05) is 28.7 Å². The first kappa shape index (κ1) is 25.0. The molecule has 1 amide bonds. The molecular weight excluding hydrogens is 454 g/mol. The van der Waals surface area contributed by atoms with E-state index in [0.29, 0.717) is 33.8 Å². The van der Waals surface area contributed by atoms with Crippen LogP contribution in [0.5, 0.6) is 5.75 Å². The number of aryl methyl sites for hydroxylation is 1. The second-order valence-corrected chi connectivity index (χ2v) is 10.9. The summed E-state index contributed by atoms with van der Waals surface area (Å²) in [5.41, 5.74) is 3.07. The number of aromatic nitrogens is 1. The summed E-state index contributed by atoms with van der Waals surface area (Å²) < 4.78 is 31.1. The number of nitrogens with one attached hydrogen (secondary N) is 3. The molecule has 0 spiro atoms. The third-order valence-electron chi connectivity index (χ3n) is 5.25. The van der Waals surface area contributed by atoms with E-state index in [1.807, 2.05) is 26.8 Å². The Morgan fingerprint density at radius 1 is 1.09 bits per heavy atom. The van der Waals surface area contributed by atoms with Crippen molar-refractivity contribution in [3.8, 4) is 16.9 Å². The molecule has 0 saturated carbocycles. The van der Waals surface area contributed by atoms with Gasteiger partial charge in [-0.2, -0.15) is 0 Å². The van der Waals surface area contributed by atoms with Crippen molar-refractivity contribution in [3.05, 3.63) is 75.7 Å². The molecule has 0 unspecified atom stereocenters. The topological polar surface area (TPSA) is 117 Å². The van der Waals surface area contributed by atoms with E-state index in [2.05, 4.69) is 15.0 Å². The lowest BCUT2D eigenvalue weighted by molar-refractivity contribution is 0.102. The van der Waals surface area contributed by atoms with Gasteiger partial charge in [0.05, 0.1) is 18.9 Å². The summed E-state index contributed by atoms with van der Waals surface area (Å²) in [6.45, 7) is 7.77. The lowest BCUT2D eigenvalue weighted by Gasteiger charge is -2.25. The highest BCUT2D eigenvalue weighted by Crippen LogP contribution is 2.38. The minimum atomic E-state index is -3.42. The minimum Gasteiger partial charge on any atom is -0.496 e. The first-order valence-corrected chi connectivity index (χ1v) is 12.5. The van der Waals surface area contributed by atoms with E-state index in [1.165, 1.54) is 7.11 Å². The third kappa shape index (κ3) is 5.66. The van der Waals surface area contributed by atoms with Crippen molar-refractivity contribution in [2.24, 2.45) is 0 Å². The van der Waals surface area contributed by atoms with Crippen molar-refractivity contribution >= 4 is 27.3 Å². The van der Waals surface area contributed by atoms with Gasteiger partial charge in [-0.05, 0) is 65.9 Å². The highest BCUT2D eigenvalue weighted by Gasteiger charge is 2.26. The fourth-order valence-corrected chi connectivity index (χ4v) is 4.21. The summed E-state index contributed by atoms with van der Waals surface area (Å²) >= 11 is 0. The molecular formula is C25H29N3O5S. The number of amides is 1. The minimum absolute atomic E-state index is 0.260. The molecule has 3 aromatic rings. The van der Waals surface area contributed by atoms with Crippen LogP contribution in [0.4, 0.5) is 11.4 Å². The number of benzene rings is 2. The number of sulfonamides is 1. The van der Waals surface area contributed by atoms with Crippen LogP contribution in [-0.4, -0.2) is 32.7 Å². The summed E-state index contributed by atoms with van der Waals surface area (Å²) in [5.74, 6) is 0.0117. The van der Waals surface area contributed by atoms with E-state index in [4.69, 9.17) is 4.74 Å². The number of H-pyrrole nitrogens is 1. The number of methoxy groups -OCH3 is 1. The molecule has 3 N–H and O–H groups in total. The maximum Gasteiger partial charge on any atom is 0.259 e. The smallest absolute Gasteiger partial charge is 0.259 e.